The molecule has 0 spiro atoms. The Bertz CT molecular complexity index is 1310. The first-order chi connectivity index (χ1) is 21.5. The highest BCUT2D eigenvalue weighted by Gasteiger charge is 2.68. The number of aliphatic hydroxyl groups is 2. The number of Topliss-reactive ketones (excluding diaryl/α,β-unsaturated/α-hetero) is 2. The molecule has 7 aliphatic carbocycles. The highest BCUT2D eigenvalue weighted by Crippen LogP contribution is 2.66. The molecule has 0 heterocycles. The van der Waals surface area contributed by atoms with Crippen molar-refractivity contribution in [1.29, 1.82) is 0 Å². The van der Waals surface area contributed by atoms with E-state index in [4.69, 9.17) is 0 Å². The quantitative estimate of drug-likeness (QED) is 0.321. The standard InChI is InChI=1S/C21H26O5.C20H36/c1-19-7-5-13(23)9-12(19)3-4-14-15-6-8-21(26,17(25)11-22)20(15,2)10-16(24)18(14)19;1-14-7-6-11-20(5)12-10-17-15(2)8-9-16(13-18(14)20)19(17,3)4/h5,7,9,14-15,18,22,26H,3-4,6,8,10-11H2,1-2H3;14-18H,6-13H2,1-5H3/t14-,15-,18+,19-,20-,21-;14-,15-,16+,17+,18-,20+/m01/s1. The Labute approximate surface area is 278 Å². The smallest absolute Gasteiger partial charge is 0.190 e. The zero-order chi connectivity index (χ0) is 33.4. The Morgan fingerprint density at radius 2 is 1.57 bits per heavy atom. The van der Waals surface area contributed by atoms with Crippen molar-refractivity contribution in [2.24, 2.45) is 69.0 Å². The molecule has 6 saturated carbocycles. The zero-order valence-corrected chi connectivity index (χ0v) is 29.9. The van der Waals surface area contributed by atoms with E-state index in [1.807, 2.05) is 19.9 Å². The highest BCUT2D eigenvalue weighted by molar-refractivity contribution is 6.02. The first-order valence-electron chi connectivity index (χ1n) is 18.9. The van der Waals surface area contributed by atoms with E-state index in [0.717, 1.165) is 48.0 Å². The number of hydrogen-bond acceptors (Lipinski definition) is 5. The molecule has 2 N–H and O–H groups in total. The lowest BCUT2D eigenvalue weighted by atomic mass is 9.46. The Hall–Kier alpha value is -1.59. The fourth-order valence-electron chi connectivity index (χ4n) is 13.3. The second kappa shape index (κ2) is 11.8. The maximum absolute atomic E-state index is 13.3. The summed E-state index contributed by atoms with van der Waals surface area (Å²) < 4.78 is 0. The van der Waals surface area contributed by atoms with Gasteiger partial charge in [0.15, 0.2) is 11.6 Å². The first-order valence-corrected chi connectivity index (χ1v) is 18.9. The van der Waals surface area contributed by atoms with E-state index >= 15 is 0 Å². The molecule has 6 fully saturated rings. The van der Waals surface area contributed by atoms with Crippen molar-refractivity contribution >= 4 is 17.3 Å². The Morgan fingerprint density at radius 3 is 2.28 bits per heavy atom. The van der Waals surface area contributed by atoms with Gasteiger partial charge in [0, 0.05) is 23.2 Å². The molecule has 0 unspecified atom stereocenters. The number of allylic oxidation sites excluding steroid dienone is 4. The number of carbonyl (C=O) groups excluding carboxylic acids is 3. The molecule has 0 aromatic carbocycles. The van der Waals surface area contributed by atoms with Gasteiger partial charge in [-0.25, -0.2) is 0 Å². The summed E-state index contributed by atoms with van der Waals surface area (Å²) in [4.78, 5) is 37.4. The third-order valence-corrected chi connectivity index (χ3v) is 16.2. The summed E-state index contributed by atoms with van der Waals surface area (Å²) in [5, 5.41) is 20.5. The average Bonchev–Trinajstić information content (AvgIpc) is 3.26. The van der Waals surface area contributed by atoms with Crippen LogP contribution in [0.2, 0.25) is 0 Å². The summed E-state index contributed by atoms with van der Waals surface area (Å²) in [6.07, 6.45) is 19.9. The van der Waals surface area contributed by atoms with Gasteiger partial charge in [-0.15, -0.1) is 0 Å². The minimum Gasteiger partial charge on any atom is -0.388 e. The maximum atomic E-state index is 13.3. The van der Waals surface area contributed by atoms with Crippen molar-refractivity contribution in [3.63, 3.8) is 0 Å². The average molecular weight is 635 g/mol. The van der Waals surface area contributed by atoms with Gasteiger partial charge in [-0.2, -0.15) is 0 Å². The number of fused-ring (bicyclic) bond motifs is 8. The summed E-state index contributed by atoms with van der Waals surface area (Å²) in [6.45, 7) is 16.1. The number of carbonyl (C=O) groups is 3. The van der Waals surface area contributed by atoms with Crippen molar-refractivity contribution in [2.75, 3.05) is 6.61 Å². The molecule has 0 aromatic rings. The fraction of sp³-hybridized carbons (Fsp3) is 0.829. The van der Waals surface area contributed by atoms with Crippen molar-refractivity contribution in [2.45, 2.75) is 138 Å². The predicted molar refractivity (Wildman–Crippen MR) is 182 cm³/mol. The Morgan fingerprint density at radius 1 is 0.870 bits per heavy atom. The number of aliphatic hydroxyl groups excluding tert-OH is 1. The van der Waals surface area contributed by atoms with Crippen LogP contribution in [0.15, 0.2) is 23.8 Å². The van der Waals surface area contributed by atoms with Crippen LogP contribution in [-0.4, -0.2) is 39.8 Å². The van der Waals surface area contributed by atoms with Crippen molar-refractivity contribution in [3.05, 3.63) is 23.8 Å². The second-order valence-electron chi connectivity index (χ2n) is 18.6. The van der Waals surface area contributed by atoms with Gasteiger partial charge >= 0.3 is 0 Å². The van der Waals surface area contributed by atoms with Gasteiger partial charge < -0.3 is 10.2 Å². The molecule has 0 saturated heterocycles. The molecule has 2 bridgehead atoms. The summed E-state index contributed by atoms with van der Waals surface area (Å²) in [6, 6.07) is 0. The lowest BCUT2D eigenvalue weighted by Crippen LogP contribution is -2.60. The maximum Gasteiger partial charge on any atom is 0.190 e. The van der Waals surface area contributed by atoms with E-state index in [-0.39, 0.29) is 35.7 Å². The van der Waals surface area contributed by atoms with Crippen LogP contribution < -0.4 is 0 Å². The molecule has 0 radical (unpaired) electrons. The third kappa shape index (κ3) is 5.10. The zero-order valence-electron chi connectivity index (χ0n) is 29.9. The van der Waals surface area contributed by atoms with Crippen molar-refractivity contribution < 1.29 is 24.6 Å². The normalized spacial score (nSPS) is 49.1. The molecule has 46 heavy (non-hydrogen) atoms. The lowest BCUT2D eigenvalue weighted by Gasteiger charge is -2.57. The van der Waals surface area contributed by atoms with E-state index in [9.17, 15) is 24.6 Å². The van der Waals surface area contributed by atoms with E-state index in [1.165, 1.54) is 51.4 Å². The van der Waals surface area contributed by atoms with Crippen molar-refractivity contribution in [3.8, 4) is 0 Å². The molecule has 7 aliphatic rings. The van der Waals surface area contributed by atoms with Crippen LogP contribution in [0.5, 0.6) is 0 Å². The Balaban J connectivity index is 0.000000167. The SMILES string of the molecule is C[C@@H]1CCC[C@@]2(C)CC[C@H]3[C@H](C)CC[C@@H](C[C@H]12)C3(C)C.C[C@]12C=CC(=O)C=C1CC[C@@H]1[C@@H]2C(=O)C[C@@]2(C)[C@H]1CC[C@]2(O)C(=O)CO. The van der Waals surface area contributed by atoms with E-state index in [0.29, 0.717) is 23.7 Å². The fourth-order valence-corrected chi connectivity index (χ4v) is 13.3. The summed E-state index contributed by atoms with van der Waals surface area (Å²) in [7, 11) is 0. The predicted octanol–water partition coefficient (Wildman–Crippen LogP) is 8.07. The number of ketones is 3. The first kappa shape index (κ1) is 34.3. The van der Waals surface area contributed by atoms with Gasteiger partial charge in [0.2, 0.25) is 0 Å². The van der Waals surface area contributed by atoms with Crippen LogP contribution in [0.4, 0.5) is 0 Å². The molecular formula is C41H62O5. The van der Waals surface area contributed by atoms with Crippen LogP contribution in [0, 0.1) is 69.0 Å². The lowest BCUT2D eigenvalue weighted by molar-refractivity contribution is -0.168. The largest absolute Gasteiger partial charge is 0.388 e. The molecule has 0 amide bonds. The molecule has 5 nitrogen and oxygen atoms in total. The van der Waals surface area contributed by atoms with Crippen LogP contribution >= 0.6 is 0 Å². The summed E-state index contributed by atoms with van der Waals surface area (Å²) >= 11 is 0. The van der Waals surface area contributed by atoms with E-state index in [1.54, 1.807) is 12.2 Å². The van der Waals surface area contributed by atoms with Crippen LogP contribution in [-0.2, 0) is 14.4 Å². The molecule has 256 valence electrons. The monoisotopic (exact) mass is 634 g/mol. The molecule has 12 atom stereocenters. The highest BCUT2D eigenvalue weighted by atomic mass is 16.3. The van der Waals surface area contributed by atoms with Crippen LogP contribution in [0.25, 0.3) is 0 Å². The minimum absolute atomic E-state index is 0.0206. The van der Waals surface area contributed by atoms with E-state index < -0.39 is 28.8 Å². The van der Waals surface area contributed by atoms with Crippen LogP contribution in [0.3, 0.4) is 0 Å². The molecule has 0 aromatic heterocycles. The van der Waals surface area contributed by atoms with Crippen molar-refractivity contribution in [1.82, 2.24) is 0 Å². The van der Waals surface area contributed by atoms with E-state index in [2.05, 4.69) is 34.6 Å². The van der Waals surface area contributed by atoms with Gasteiger partial charge in [0.1, 0.15) is 18.0 Å². The van der Waals surface area contributed by atoms with Gasteiger partial charge in [-0.3, -0.25) is 14.4 Å². The molecule has 5 heteroatoms. The van der Waals surface area contributed by atoms with Gasteiger partial charge in [0.05, 0.1) is 0 Å². The Kier molecular flexibility index (Phi) is 8.78. The summed E-state index contributed by atoms with van der Waals surface area (Å²) in [5.41, 5.74) is -0.600. The minimum atomic E-state index is -1.62. The number of hydrogen-bond donors (Lipinski definition) is 2. The van der Waals surface area contributed by atoms with Gasteiger partial charge in [-0.1, -0.05) is 79.4 Å². The molecule has 0 aliphatic heterocycles. The topological polar surface area (TPSA) is 91.7 Å². The third-order valence-electron chi connectivity index (χ3n) is 16.2. The van der Waals surface area contributed by atoms with Gasteiger partial charge in [-0.05, 0) is 122 Å². The molecular weight excluding hydrogens is 572 g/mol. The van der Waals surface area contributed by atoms with Crippen LogP contribution in [0.1, 0.15) is 132 Å². The molecule has 7 rings (SSSR count). The second-order valence-corrected chi connectivity index (χ2v) is 18.6. The number of rotatable bonds is 2. The van der Waals surface area contributed by atoms with Gasteiger partial charge in [0.25, 0.3) is 0 Å². The summed E-state index contributed by atoms with van der Waals surface area (Å²) in [5.74, 6) is 4.33.